The minimum absolute atomic E-state index is 0.0161. The number of nitrogens with zero attached hydrogens (tertiary/aromatic N) is 4. The van der Waals surface area contributed by atoms with Crippen LogP contribution >= 0.6 is 23.1 Å². The van der Waals surface area contributed by atoms with E-state index in [0.717, 1.165) is 33.8 Å². The first-order valence-electron chi connectivity index (χ1n) is 13.4. The first kappa shape index (κ1) is 25.3. The molecule has 202 valence electrons. The highest BCUT2D eigenvalue weighted by molar-refractivity contribution is 8.19. The number of amidine groups is 1. The molecular formula is C31H28N4O3S2. The zero-order chi connectivity index (χ0) is 27.6. The van der Waals surface area contributed by atoms with Gasteiger partial charge in [-0.25, -0.2) is 4.98 Å². The Hall–Kier alpha value is -3.69. The fourth-order valence-electron chi connectivity index (χ4n) is 6.21. The number of fused-ring (bicyclic) bond motifs is 3. The maximum atomic E-state index is 13.7. The van der Waals surface area contributed by atoms with Crippen LogP contribution in [0.2, 0.25) is 0 Å². The Kier molecular flexibility index (Phi) is 5.80. The number of aromatic nitrogens is 1. The number of amides is 1. The summed E-state index contributed by atoms with van der Waals surface area (Å²) in [5, 5.41) is 20.5. The minimum Gasteiger partial charge on any atom is -0.508 e. The van der Waals surface area contributed by atoms with E-state index < -0.39 is 0 Å². The smallest absolute Gasteiger partial charge is 0.271 e. The second-order valence-corrected chi connectivity index (χ2v) is 13.4. The number of hydrogen-bond acceptors (Lipinski definition) is 8. The van der Waals surface area contributed by atoms with Crippen LogP contribution in [0.5, 0.6) is 5.75 Å². The van der Waals surface area contributed by atoms with Crippen molar-refractivity contribution in [2.75, 3.05) is 4.90 Å². The summed E-state index contributed by atoms with van der Waals surface area (Å²) >= 11 is 2.85. The van der Waals surface area contributed by atoms with E-state index in [0.29, 0.717) is 33.2 Å². The average Bonchev–Trinajstić information content (AvgIpc) is 3.72. The minimum atomic E-state index is -0.216. The summed E-state index contributed by atoms with van der Waals surface area (Å²) in [7, 11) is 0. The zero-order valence-corrected chi connectivity index (χ0v) is 24.1. The number of furan rings is 1. The van der Waals surface area contributed by atoms with Gasteiger partial charge in [0.15, 0.2) is 10.8 Å². The number of aromatic hydroxyl groups is 1. The maximum absolute atomic E-state index is 13.7. The molecule has 2 aliphatic carbocycles. The van der Waals surface area contributed by atoms with Gasteiger partial charge in [0.1, 0.15) is 11.5 Å². The summed E-state index contributed by atoms with van der Waals surface area (Å²) in [5.41, 5.74) is 2.87. The van der Waals surface area contributed by atoms with Crippen LogP contribution in [0.15, 0.2) is 80.2 Å². The van der Waals surface area contributed by atoms with Crippen molar-refractivity contribution < 1.29 is 14.3 Å². The number of hydrogen-bond donors (Lipinski definition) is 1. The van der Waals surface area contributed by atoms with Gasteiger partial charge in [0.25, 0.3) is 5.91 Å². The summed E-state index contributed by atoms with van der Waals surface area (Å²) < 4.78 is 7.19. The van der Waals surface area contributed by atoms with E-state index in [-0.39, 0.29) is 22.5 Å². The van der Waals surface area contributed by atoms with Crippen LogP contribution in [-0.4, -0.2) is 26.9 Å². The average molecular weight is 569 g/mol. The lowest BCUT2D eigenvalue weighted by molar-refractivity contribution is -0.113. The number of anilines is 1. The molecule has 3 heterocycles. The number of benzene rings is 2. The quantitative estimate of drug-likeness (QED) is 0.199. The highest BCUT2D eigenvalue weighted by Gasteiger charge is 2.60. The molecule has 2 atom stereocenters. The van der Waals surface area contributed by atoms with Crippen LogP contribution in [-0.2, 0) is 4.79 Å². The number of carbonyl (C=O) groups is 1. The summed E-state index contributed by atoms with van der Waals surface area (Å²) in [6.07, 6.45) is 5.03. The molecule has 0 spiro atoms. The van der Waals surface area contributed by atoms with Crippen LogP contribution in [0.3, 0.4) is 0 Å². The topological polar surface area (TPSA) is 91.3 Å². The molecule has 1 aliphatic heterocycles. The van der Waals surface area contributed by atoms with Gasteiger partial charge in [-0.1, -0.05) is 32.9 Å². The predicted molar refractivity (Wildman–Crippen MR) is 163 cm³/mol. The molecule has 2 aromatic heterocycles. The third kappa shape index (κ3) is 3.94. The van der Waals surface area contributed by atoms with Crippen molar-refractivity contribution in [3.63, 3.8) is 0 Å². The first-order chi connectivity index (χ1) is 19.2. The van der Waals surface area contributed by atoms with Crippen LogP contribution in [0, 0.1) is 16.7 Å². The van der Waals surface area contributed by atoms with E-state index in [9.17, 15) is 9.90 Å². The molecule has 1 N–H and O–H groups in total. The van der Waals surface area contributed by atoms with E-state index in [2.05, 4.69) is 30.9 Å². The van der Waals surface area contributed by atoms with Crippen LogP contribution in [0.25, 0.3) is 27.1 Å². The van der Waals surface area contributed by atoms with Gasteiger partial charge in [-0.3, -0.25) is 9.69 Å². The number of rotatable bonds is 4. The SMILES string of the molecule is CC12CCC(C/C1=N\N=C1\S/C(=C\c3ccc(-c4nc5ccccc5s4)o3)C(=O)N1c1ccc(O)cc1)C2(C)C. The Bertz CT molecular complexity index is 1710. The molecule has 0 radical (unpaired) electrons. The second-order valence-electron chi connectivity index (χ2n) is 11.4. The highest BCUT2D eigenvalue weighted by atomic mass is 32.2. The van der Waals surface area contributed by atoms with Crippen LogP contribution < -0.4 is 4.90 Å². The molecule has 2 bridgehead atoms. The Labute approximate surface area is 240 Å². The van der Waals surface area contributed by atoms with Crippen molar-refractivity contribution in [1.82, 2.24) is 4.98 Å². The summed E-state index contributed by atoms with van der Waals surface area (Å²) in [5.74, 6) is 1.75. The molecule has 3 fully saturated rings. The summed E-state index contributed by atoms with van der Waals surface area (Å²) in [6.45, 7) is 6.97. The summed E-state index contributed by atoms with van der Waals surface area (Å²) in [4.78, 5) is 20.4. The lowest BCUT2D eigenvalue weighted by atomic mass is 9.70. The molecule has 2 unspecified atom stereocenters. The van der Waals surface area contributed by atoms with Crippen LogP contribution in [0.4, 0.5) is 5.69 Å². The molecule has 4 aromatic rings. The van der Waals surface area contributed by atoms with Gasteiger partial charge in [0, 0.05) is 17.2 Å². The number of phenolic OH excluding ortho intramolecular Hbond substituents is 1. The lowest BCUT2D eigenvalue weighted by Crippen LogP contribution is -2.32. The molecule has 7 rings (SSSR count). The molecule has 3 aliphatic rings. The predicted octanol–water partition coefficient (Wildman–Crippen LogP) is 7.94. The molecule has 1 saturated heterocycles. The van der Waals surface area contributed by atoms with Gasteiger partial charge in [-0.2, -0.15) is 5.10 Å². The van der Waals surface area contributed by atoms with E-state index in [1.165, 1.54) is 18.2 Å². The van der Waals surface area contributed by atoms with Crippen molar-refractivity contribution in [3.05, 3.63) is 71.3 Å². The Balaban J connectivity index is 1.23. The van der Waals surface area contributed by atoms with Crippen molar-refractivity contribution >= 4 is 61.9 Å². The standard InChI is InChI=1S/C31H28N4O3S2/c1-30(2)18-14-15-31(30,3)26(16-18)33-34-29-35(19-8-10-20(36)11-9-19)28(37)25(40-29)17-21-12-13-23(38-21)27-32-22-6-4-5-7-24(22)39-27/h4-13,17-18,36H,14-16H2,1-3H3/b25-17-,33-26+,34-29+. The number of thiazole rings is 1. The normalized spacial score (nSPS) is 26.8. The third-order valence-electron chi connectivity index (χ3n) is 9.09. The fourth-order valence-corrected chi connectivity index (χ4v) is 8.04. The summed E-state index contributed by atoms with van der Waals surface area (Å²) in [6, 6.07) is 18.3. The monoisotopic (exact) mass is 568 g/mol. The third-order valence-corrected chi connectivity index (χ3v) is 11.1. The molecule has 2 aromatic carbocycles. The van der Waals surface area contributed by atoms with Gasteiger partial charge >= 0.3 is 0 Å². The zero-order valence-electron chi connectivity index (χ0n) is 22.4. The number of thioether (sulfide) groups is 1. The molecule has 40 heavy (non-hydrogen) atoms. The number of phenols is 1. The highest BCUT2D eigenvalue weighted by Crippen LogP contribution is 2.64. The number of para-hydroxylation sites is 1. The Morgan fingerprint density at radius 3 is 2.60 bits per heavy atom. The van der Waals surface area contributed by atoms with Crippen molar-refractivity contribution in [3.8, 4) is 16.5 Å². The van der Waals surface area contributed by atoms with E-state index in [1.54, 1.807) is 46.6 Å². The molecule has 7 nitrogen and oxygen atoms in total. The van der Waals surface area contributed by atoms with Crippen molar-refractivity contribution in [1.29, 1.82) is 0 Å². The largest absolute Gasteiger partial charge is 0.508 e. The van der Waals surface area contributed by atoms with Crippen molar-refractivity contribution in [2.45, 2.75) is 40.0 Å². The molecule has 9 heteroatoms. The van der Waals surface area contributed by atoms with Crippen molar-refractivity contribution in [2.24, 2.45) is 27.0 Å². The maximum Gasteiger partial charge on any atom is 0.271 e. The lowest BCUT2D eigenvalue weighted by Gasteiger charge is -2.34. The molecular weight excluding hydrogens is 541 g/mol. The Morgan fingerprint density at radius 2 is 1.88 bits per heavy atom. The second kappa shape index (κ2) is 9.17. The van der Waals surface area contributed by atoms with Gasteiger partial charge in [-0.05, 0) is 90.9 Å². The first-order valence-corrected chi connectivity index (χ1v) is 15.0. The van der Waals surface area contributed by atoms with Crippen LogP contribution in [0.1, 0.15) is 45.8 Å². The fraction of sp³-hybridized carbons (Fsp3) is 0.290. The van der Waals surface area contributed by atoms with Gasteiger partial charge in [-0.15, -0.1) is 16.4 Å². The molecule has 2 saturated carbocycles. The van der Waals surface area contributed by atoms with Gasteiger partial charge < -0.3 is 9.52 Å². The van der Waals surface area contributed by atoms with Gasteiger partial charge in [0.05, 0.1) is 20.8 Å². The number of carbonyl (C=O) groups excluding carboxylic acids is 1. The van der Waals surface area contributed by atoms with E-state index >= 15 is 0 Å². The van der Waals surface area contributed by atoms with E-state index in [4.69, 9.17) is 9.52 Å². The molecule has 1 amide bonds. The van der Waals surface area contributed by atoms with Gasteiger partial charge in [0.2, 0.25) is 5.17 Å². The van der Waals surface area contributed by atoms with E-state index in [1.807, 2.05) is 36.4 Å². The Morgan fingerprint density at radius 1 is 1.07 bits per heavy atom.